The second kappa shape index (κ2) is 8.97. The average Bonchev–Trinajstić information content (AvgIpc) is 2.69. The van der Waals surface area contributed by atoms with E-state index in [0.717, 1.165) is 21.3 Å². The van der Waals surface area contributed by atoms with E-state index in [1.165, 1.54) is 0 Å². The number of carbonyl (C=O) groups is 1. The predicted molar refractivity (Wildman–Crippen MR) is 106 cm³/mol. The van der Waals surface area contributed by atoms with Crippen molar-refractivity contribution in [1.82, 2.24) is 5.43 Å². The normalized spacial score (nSPS) is 10.7. The number of carbonyl (C=O) groups excluding carboxylic acids is 1. The van der Waals surface area contributed by atoms with Gasteiger partial charge in [-0.2, -0.15) is 5.10 Å². The summed E-state index contributed by atoms with van der Waals surface area (Å²) in [6, 6.07) is 24.6. The van der Waals surface area contributed by atoms with Gasteiger partial charge in [0.05, 0.1) is 10.7 Å². The van der Waals surface area contributed by atoms with Gasteiger partial charge in [-0.25, -0.2) is 5.43 Å². The number of ether oxygens (including phenoxy) is 1. The highest BCUT2D eigenvalue weighted by Crippen LogP contribution is 2.26. The van der Waals surface area contributed by atoms with Gasteiger partial charge in [0.1, 0.15) is 12.4 Å². The molecule has 26 heavy (non-hydrogen) atoms. The average molecular weight is 409 g/mol. The number of benzene rings is 3. The van der Waals surface area contributed by atoms with Crippen molar-refractivity contribution < 1.29 is 9.53 Å². The molecule has 3 aromatic carbocycles. The van der Waals surface area contributed by atoms with Crippen LogP contribution in [0.2, 0.25) is 0 Å². The Morgan fingerprint density at radius 1 is 1.00 bits per heavy atom. The van der Waals surface area contributed by atoms with E-state index >= 15 is 0 Å². The van der Waals surface area contributed by atoms with E-state index in [1.807, 2.05) is 66.7 Å². The molecule has 3 aromatic rings. The van der Waals surface area contributed by atoms with Crippen LogP contribution in [0.5, 0.6) is 5.75 Å². The Morgan fingerprint density at radius 2 is 1.69 bits per heavy atom. The van der Waals surface area contributed by atoms with Crippen LogP contribution in [0.1, 0.15) is 21.5 Å². The first kappa shape index (κ1) is 17.9. The molecule has 0 saturated carbocycles. The first-order valence-electron chi connectivity index (χ1n) is 8.07. The lowest BCUT2D eigenvalue weighted by Crippen LogP contribution is -2.17. The van der Waals surface area contributed by atoms with Crippen molar-refractivity contribution in [2.24, 2.45) is 5.10 Å². The molecule has 1 amide bonds. The largest absolute Gasteiger partial charge is 0.488 e. The molecule has 0 bridgehead atoms. The molecule has 4 nitrogen and oxygen atoms in total. The Bertz CT molecular complexity index is 896. The highest BCUT2D eigenvalue weighted by atomic mass is 79.9. The van der Waals surface area contributed by atoms with Gasteiger partial charge in [0.2, 0.25) is 0 Å². The summed E-state index contributed by atoms with van der Waals surface area (Å²) in [6.45, 7) is 0.500. The Kier molecular flexibility index (Phi) is 6.17. The van der Waals surface area contributed by atoms with Crippen LogP contribution >= 0.6 is 15.9 Å². The molecule has 0 aliphatic carbocycles. The maximum atomic E-state index is 11.9. The standard InChI is InChI=1S/C21H17BrN2O2/c22-19-13-17(14-23-24-21(25)18-9-5-2-6-10-18)11-12-20(19)26-15-16-7-3-1-4-8-16/h1-14H,15H2,(H,24,25)/b23-14-. The zero-order valence-electron chi connectivity index (χ0n) is 13.9. The van der Waals surface area contributed by atoms with Gasteiger partial charge in [-0.15, -0.1) is 0 Å². The number of nitrogens with zero attached hydrogens (tertiary/aromatic N) is 1. The van der Waals surface area contributed by atoms with Gasteiger partial charge in [0.15, 0.2) is 0 Å². The van der Waals surface area contributed by atoms with Crippen LogP contribution in [-0.4, -0.2) is 12.1 Å². The lowest BCUT2D eigenvalue weighted by molar-refractivity contribution is 0.0955. The second-order valence-corrected chi connectivity index (χ2v) is 6.38. The molecule has 130 valence electrons. The Balaban J connectivity index is 1.58. The van der Waals surface area contributed by atoms with Crippen LogP contribution in [0, 0.1) is 0 Å². The SMILES string of the molecule is O=C(N/N=C\c1ccc(OCc2ccccc2)c(Br)c1)c1ccccc1. The molecule has 0 atom stereocenters. The van der Waals surface area contributed by atoms with Gasteiger partial charge in [-0.1, -0.05) is 48.5 Å². The fourth-order valence-electron chi connectivity index (χ4n) is 2.27. The number of rotatable bonds is 6. The van der Waals surface area contributed by atoms with Crippen LogP contribution in [-0.2, 0) is 6.61 Å². The summed E-state index contributed by atoms with van der Waals surface area (Å²) < 4.78 is 6.64. The summed E-state index contributed by atoms with van der Waals surface area (Å²) in [6.07, 6.45) is 1.59. The number of halogens is 1. The highest BCUT2D eigenvalue weighted by molar-refractivity contribution is 9.10. The Labute approximate surface area is 160 Å². The minimum atomic E-state index is -0.247. The van der Waals surface area contributed by atoms with Gasteiger partial charge < -0.3 is 4.74 Å². The van der Waals surface area contributed by atoms with Crippen molar-refractivity contribution in [3.63, 3.8) is 0 Å². The molecular formula is C21H17BrN2O2. The summed E-state index contributed by atoms with van der Waals surface area (Å²) in [5, 5.41) is 4.00. The van der Waals surface area contributed by atoms with Gasteiger partial charge in [-0.3, -0.25) is 4.79 Å². The summed E-state index contributed by atoms with van der Waals surface area (Å²) in [7, 11) is 0. The molecule has 0 aromatic heterocycles. The van der Waals surface area contributed by atoms with Crippen molar-refractivity contribution in [1.29, 1.82) is 0 Å². The van der Waals surface area contributed by atoms with E-state index in [4.69, 9.17) is 4.74 Å². The third-order valence-corrected chi connectivity index (χ3v) is 4.23. The Hall–Kier alpha value is -2.92. The second-order valence-electron chi connectivity index (χ2n) is 5.53. The van der Waals surface area contributed by atoms with Crippen LogP contribution in [0.4, 0.5) is 0 Å². The molecule has 0 radical (unpaired) electrons. The van der Waals surface area contributed by atoms with E-state index in [0.29, 0.717) is 12.2 Å². The maximum absolute atomic E-state index is 11.9. The van der Waals surface area contributed by atoms with E-state index in [1.54, 1.807) is 18.3 Å². The third kappa shape index (κ3) is 5.04. The van der Waals surface area contributed by atoms with Gasteiger partial charge in [-0.05, 0) is 57.4 Å². The third-order valence-electron chi connectivity index (χ3n) is 3.61. The van der Waals surface area contributed by atoms with E-state index < -0.39 is 0 Å². The number of amides is 1. The van der Waals surface area contributed by atoms with E-state index in [9.17, 15) is 4.79 Å². The molecule has 0 aliphatic rings. The molecule has 0 unspecified atom stereocenters. The number of hydrazone groups is 1. The molecule has 0 heterocycles. The topological polar surface area (TPSA) is 50.7 Å². The maximum Gasteiger partial charge on any atom is 0.271 e. The minimum Gasteiger partial charge on any atom is -0.488 e. The molecule has 1 N–H and O–H groups in total. The summed E-state index contributed by atoms with van der Waals surface area (Å²) in [5.74, 6) is 0.503. The van der Waals surface area contributed by atoms with Crippen molar-refractivity contribution in [2.75, 3.05) is 0 Å². The molecule has 0 fully saturated rings. The highest BCUT2D eigenvalue weighted by Gasteiger charge is 2.04. The molecule has 0 saturated heterocycles. The molecule has 5 heteroatoms. The predicted octanol–water partition coefficient (Wildman–Crippen LogP) is 4.79. The lowest BCUT2D eigenvalue weighted by Gasteiger charge is -2.08. The summed E-state index contributed by atoms with van der Waals surface area (Å²) >= 11 is 3.50. The summed E-state index contributed by atoms with van der Waals surface area (Å²) in [4.78, 5) is 11.9. The fraction of sp³-hybridized carbons (Fsp3) is 0.0476. The number of hydrogen-bond donors (Lipinski definition) is 1. The van der Waals surface area contributed by atoms with Crippen LogP contribution in [0.3, 0.4) is 0 Å². The van der Waals surface area contributed by atoms with Gasteiger partial charge in [0, 0.05) is 5.56 Å². The number of hydrogen-bond acceptors (Lipinski definition) is 3. The van der Waals surface area contributed by atoms with E-state index in [2.05, 4.69) is 26.5 Å². The Morgan fingerprint density at radius 3 is 2.38 bits per heavy atom. The van der Waals surface area contributed by atoms with Crippen molar-refractivity contribution in [2.45, 2.75) is 6.61 Å². The molecule has 0 spiro atoms. The van der Waals surface area contributed by atoms with Crippen molar-refractivity contribution in [3.8, 4) is 5.75 Å². The van der Waals surface area contributed by atoms with Gasteiger partial charge >= 0.3 is 0 Å². The fourth-order valence-corrected chi connectivity index (χ4v) is 2.78. The molecule has 0 aliphatic heterocycles. The smallest absolute Gasteiger partial charge is 0.271 e. The molecular weight excluding hydrogens is 392 g/mol. The zero-order valence-corrected chi connectivity index (χ0v) is 15.5. The van der Waals surface area contributed by atoms with Crippen LogP contribution in [0.25, 0.3) is 0 Å². The molecule has 3 rings (SSSR count). The minimum absolute atomic E-state index is 0.247. The first-order valence-corrected chi connectivity index (χ1v) is 8.86. The van der Waals surface area contributed by atoms with E-state index in [-0.39, 0.29) is 5.91 Å². The zero-order chi connectivity index (χ0) is 18.2. The van der Waals surface area contributed by atoms with Gasteiger partial charge in [0.25, 0.3) is 5.91 Å². The number of nitrogens with one attached hydrogen (secondary N) is 1. The van der Waals surface area contributed by atoms with Crippen LogP contribution < -0.4 is 10.2 Å². The van der Waals surface area contributed by atoms with Crippen LogP contribution in [0.15, 0.2) is 88.4 Å². The first-order chi connectivity index (χ1) is 12.7. The van der Waals surface area contributed by atoms with Crippen molar-refractivity contribution in [3.05, 3.63) is 100 Å². The lowest BCUT2D eigenvalue weighted by atomic mass is 10.2. The summed E-state index contributed by atoms with van der Waals surface area (Å²) in [5.41, 5.74) is 5.03. The van der Waals surface area contributed by atoms with Crippen molar-refractivity contribution >= 4 is 28.1 Å². The quantitative estimate of drug-likeness (QED) is 0.470. The monoisotopic (exact) mass is 408 g/mol.